The van der Waals surface area contributed by atoms with E-state index in [2.05, 4.69) is 5.16 Å². The third-order valence-electron chi connectivity index (χ3n) is 4.71. The molecule has 0 unspecified atom stereocenters. The van der Waals surface area contributed by atoms with Gasteiger partial charge in [0, 0.05) is 13.1 Å². The van der Waals surface area contributed by atoms with Gasteiger partial charge < -0.3 is 19.2 Å². The van der Waals surface area contributed by atoms with E-state index in [4.69, 9.17) is 14.3 Å². The SMILES string of the molecule is CC(=NOCc1ccc(C(F)(F)F)cc1)c1ccc(OCC(=O)N2CCOCC2)cc1. The maximum Gasteiger partial charge on any atom is 0.416 e. The number of rotatable bonds is 7. The number of hydrogen-bond donors (Lipinski definition) is 0. The van der Waals surface area contributed by atoms with Crippen LogP contribution in [0, 0.1) is 0 Å². The lowest BCUT2D eigenvalue weighted by Gasteiger charge is -2.26. The molecule has 31 heavy (non-hydrogen) atoms. The first-order valence-corrected chi connectivity index (χ1v) is 9.74. The molecule has 0 aromatic heterocycles. The van der Waals surface area contributed by atoms with Gasteiger partial charge in [-0.1, -0.05) is 17.3 Å². The Balaban J connectivity index is 1.47. The van der Waals surface area contributed by atoms with E-state index in [-0.39, 0.29) is 19.1 Å². The van der Waals surface area contributed by atoms with Crippen LogP contribution in [0.3, 0.4) is 0 Å². The van der Waals surface area contributed by atoms with Crippen LogP contribution in [0.5, 0.6) is 5.75 Å². The minimum Gasteiger partial charge on any atom is -0.484 e. The summed E-state index contributed by atoms with van der Waals surface area (Å²) in [7, 11) is 0. The van der Waals surface area contributed by atoms with Crippen molar-refractivity contribution in [3.8, 4) is 5.75 Å². The van der Waals surface area contributed by atoms with Crippen LogP contribution in [0.1, 0.15) is 23.6 Å². The molecule has 6 nitrogen and oxygen atoms in total. The zero-order valence-corrected chi connectivity index (χ0v) is 17.0. The number of carbonyl (C=O) groups is 1. The number of hydrogen-bond acceptors (Lipinski definition) is 5. The number of morpholine rings is 1. The van der Waals surface area contributed by atoms with Crippen LogP contribution in [0.15, 0.2) is 53.7 Å². The zero-order valence-electron chi connectivity index (χ0n) is 17.0. The fourth-order valence-electron chi connectivity index (χ4n) is 2.89. The summed E-state index contributed by atoms with van der Waals surface area (Å²) in [6.45, 7) is 4.00. The number of oxime groups is 1. The quantitative estimate of drug-likeness (QED) is 0.488. The second kappa shape index (κ2) is 10.3. The number of benzene rings is 2. The molecule has 0 atom stereocenters. The highest BCUT2D eigenvalue weighted by molar-refractivity contribution is 5.98. The lowest BCUT2D eigenvalue weighted by atomic mass is 10.1. The molecule has 0 radical (unpaired) electrons. The van der Waals surface area contributed by atoms with Crippen molar-refractivity contribution in [2.24, 2.45) is 5.16 Å². The molecule has 0 spiro atoms. The standard InChI is InChI=1S/C22H23F3N2O4/c1-16(26-31-14-17-2-6-19(7-3-17)22(23,24)25)18-4-8-20(9-5-18)30-15-21(28)27-10-12-29-13-11-27/h2-9H,10-15H2,1H3. The average Bonchev–Trinajstić information content (AvgIpc) is 2.78. The molecular weight excluding hydrogens is 413 g/mol. The molecule has 0 N–H and O–H groups in total. The van der Waals surface area contributed by atoms with Crippen molar-refractivity contribution in [2.45, 2.75) is 19.7 Å². The van der Waals surface area contributed by atoms with Gasteiger partial charge in [0.25, 0.3) is 5.91 Å². The summed E-state index contributed by atoms with van der Waals surface area (Å²) in [5.41, 5.74) is 1.27. The van der Waals surface area contributed by atoms with Gasteiger partial charge in [-0.3, -0.25) is 4.79 Å². The van der Waals surface area contributed by atoms with E-state index in [0.29, 0.717) is 43.3 Å². The van der Waals surface area contributed by atoms with Crippen LogP contribution in [0.4, 0.5) is 13.2 Å². The van der Waals surface area contributed by atoms with E-state index in [9.17, 15) is 18.0 Å². The molecule has 0 bridgehead atoms. The van der Waals surface area contributed by atoms with E-state index in [1.54, 1.807) is 36.1 Å². The molecule has 1 amide bonds. The molecule has 2 aromatic rings. The molecule has 9 heteroatoms. The van der Waals surface area contributed by atoms with Crippen molar-refractivity contribution in [1.29, 1.82) is 0 Å². The van der Waals surface area contributed by atoms with Crippen molar-refractivity contribution >= 4 is 11.6 Å². The molecule has 3 rings (SSSR count). The first kappa shape index (κ1) is 22.6. The predicted octanol–water partition coefficient (Wildman–Crippen LogP) is 3.88. The molecular formula is C22H23F3N2O4. The molecule has 0 saturated carbocycles. The fourth-order valence-corrected chi connectivity index (χ4v) is 2.89. The van der Waals surface area contributed by atoms with Gasteiger partial charge in [-0.25, -0.2) is 0 Å². The number of nitrogens with zero attached hydrogens (tertiary/aromatic N) is 2. The van der Waals surface area contributed by atoms with Crippen molar-refractivity contribution in [3.05, 3.63) is 65.2 Å². The van der Waals surface area contributed by atoms with Crippen LogP contribution < -0.4 is 4.74 Å². The lowest BCUT2D eigenvalue weighted by molar-refractivity contribution is -0.138. The van der Waals surface area contributed by atoms with Crippen LogP contribution in [0.2, 0.25) is 0 Å². The summed E-state index contributed by atoms with van der Waals surface area (Å²) >= 11 is 0. The Morgan fingerprint density at radius 3 is 2.32 bits per heavy atom. The number of alkyl halides is 3. The maximum absolute atomic E-state index is 12.6. The Hall–Kier alpha value is -3.07. The Bertz CT molecular complexity index is 890. The minimum absolute atomic E-state index is 0.0390. The van der Waals surface area contributed by atoms with Gasteiger partial charge >= 0.3 is 6.18 Å². The number of amides is 1. The Labute approximate surface area is 178 Å². The third kappa shape index (κ3) is 6.71. The largest absolute Gasteiger partial charge is 0.484 e. The van der Waals surface area contributed by atoms with Gasteiger partial charge in [0.05, 0.1) is 24.5 Å². The number of carbonyl (C=O) groups excluding carboxylic acids is 1. The van der Waals surface area contributed by atoms with Gasteiger partial charge in [-0.2, -0.15) is 13.2 Å². The highest BCUT2D eigenvalue weighted by atomic mass is 19.4. The Morgan fingerprint density at radius 1 is 1.06 bits per heavy atom. The molecule has 1 fully saturated rings. The van der Waals surface area contributed by atoms with E-state index < -0.39 is 11.7 Å². The van der Waals surface area contributed by atoms with E-state index in [1.807, 2.05) is 0 Å². The topological polar surface area (TPSA) is 60.4 Å². The monoisotopic (exact) mass is 436 g/mol. The van der Waals surface area contributed by atoms with Gasteiger partial charge in [0.1, 0.15) is 12.4 Å². The van der Waals surface area contributed by atoms with Crippen molar-refractivity contribution in [3.63, 3.8) is 0 Å². The second-order valence-electron chi connectivity index (χ2n) is 6.95. The first-order valence-electron chi connectivity index (χ1n) is 9.74. The Kier molecular flexibility index (Phi) is 7.51. The van der Waals surface area contributed by atoms with Gasteiger partial charge in [-0.05, 0) is 54.4 Å². The van der Waals surface area contributed by atoms with Gasteiger partial charge in [0.15, 0.2) is 6.61 Å². The fraction of sp³-hybridized carbons (Fsp3) is 0.364. The molecule has 166 valence electrons. The van der Waals surface area contributed by atoms with E-state index in [1.165, 1.54) is 12.1 Å². The zero-order chi connectivity index (χ0) is 22.3. The maximum atomic E-state index is 12.6. The molecule has 1 heterocycles. The van der Waals surface area contributed by atoms with Crippen molar-refractivity contribution in [1.82, 2.24) is 4.90 Å². The minimum atomic E-state index is -4.36. The van der Waals surface area contributed by atoms with Crippen LogP contribution in [-0.2, 0) is 27.2 Å². The van der Waals surface area contributed by atoms with E-state index in [0.717, 1.165) is 17.7 Å². The van der Waals surface area contributed by atoms with Gasteiger partial charge in [0.2, 0.25) is 0 Å². The summed E-state index contributed by atoms with van der Waals surface area (Å²) in [6.07, 6.45) is -4.36. The highest BCUT2D eigenvalue weighted by Gasteiger charge is 2.29. The van der Waals surface area contributed by atoms with Crippen molar-refractivity contribution < 1.29 is 32.3 Å². The summed E-state index contributed by atoms with van der Waals surface area (Å²) in [5, 5.41) is 4.01. The van der Waals surface area contributed by atoms with Crippen molar-refractivity contribution in [2.75, 3.05) is 32.9 Å². The number of halogens is 3. The van der Waals surface area contributed by atoms with Crippen LogP contribution in [0.25, 0.3) is 0 Å². The molecule has 0 aliphatic carbocycles. The molecule has 2 aromatic carbocycles. The third-order valence-corrected chi connectivity index (χ3v) is 4.71. The molecule has 1 aliphatic heterocycles. The second-order valence-corrected chi connectivity index (χ2v) is 6.95. The number of ether oxygens (including phenoxy) is 2. The Morgan fingerprint density at radius 2 is 1.71 bits per heavy atom. The smallest absolute Gasteiger partial charge is 0.416 e. The summed E-state index contributed by atoms with van der Waals surface area (Å²) in [5.74, 6) is 0.477. The lowest BCUT2D eigenvalue weighted by Crippen LogP contribution is -2.42. The average molecular weight is 436 g/mol. The summed E-state index contributed by atoms with van der Waals surface area (Å²) < 4.78 is 48.5. The van der Waals surface area contributed by atoms with Crippen LogP contribution in [-0.4, -0.2) is 49.4 Å². The predicted molar refractivity (Wildman–Crippen MR) is 108 cm³/mol. The molecule has 1 aliphatic rings. The molecule has 1 saturated heterocycles. The first-order chi connectivity index (χ1) is 14.8. The summed E-state index contributed by atoms with van der Waals surface area (Å²) in [6, 6.07) is 11.8. The summed E-state index contributed by atoms with van der Waals surface area (Å²) in [4.78, 5) is 19.1. The van der Waals surface area contributed by atoms with E-state index >= 15 is 0 Å². The van der Waals surface area contributed by atoms with Crippen LogP contribution >= 0.6 is 0 Å². The normalized spacial score (nSPS) is 15.0. The highest BCUT2D eigenvalue weighted by Crippen LogP contribution is 2.29. The van der Waals surface area contributed by atoms with Gasteiger partial charge in [-0.15, -0.1) is 0 Å².